The Hall–Kier alpha value is -2.80. The van der Waals surface area contributed by atoms with Gasteiger partial charge in [0.15, 0.2) is 11.5 Å². The van der Waals surface area contributed by atoms with E-state index in [0.717, 1.165) is 0 Å². The van der Waals surface area contributed by atoms with Crippen LogP contribution in [0.3, 0.4) is 0 Å². The van der Waals surface area contributed by atoms with Crippen molar-refractivity contribution in [2.45, 2.75) is 6.61 Å². The monoisotopic (exact) mass is 383 g/mol. The smallest absolute Gasteiger partial charge is 0.387 e. The van der Waals surface area contributed by atoms with Gasteiger partial charge in [0.2, 0.25) is 5.91 Å². The predicted molar refractivity (Wildman–Crippen MR) is 95.3 cm³/mol. The molecule has 0 fully saturated rings. The standard InChI is InChI=1S/C18H16ClF2NO4/c1-24-14-7-5-12(10-13(14)19)22-17(23)8-4-11-3-6-15(26-18(20)21)16(9-11)25-2/h3-10,18H,1-2H3,(H,22,23). The van der Waals surface area contributed by atoms with E-state index in [4.69, 9.17) is 21.1 Å². The normalized spacial score (nSPS) is 10.8. The molecule has 1 amide bonds. The van der Waals surface area contributed by atoms with Crippen LogP contribution < -0.4 is 19.5 Å². The van der Waals surface area contributed by atoms with Crippen molar-refractivity contribution in [2.75, 3.05) is 19.5 Å². The van der Waals surface area contributed by atoms with E-state index >= 15 is 0 Å². The van der Waals surface area contributed by atoms with Crippen LogP contribution in [0.1, 0.15) is 5.56 Å². The molecule has 0 atom stereocenters. The van der Waals surface area contributed by atoms with Gasteiger partial charge < -0.3 is 19.5 Å². The second-order valence-corrected chi connectivity index (χ2v) is 5.37. The molecule has 0 aromatic heterocycles. The molecule has 0 aliphatic heterocycles. The SMILES string of the molecule is COc1ccc(NC(=O)C=Cc2ccc(OC(F)F)c(OC)c2)cc1Cl. The van der Waals surface area contributed by atoms with E-state index in [1.165, 1.54) is 44.6 Å². The van der Waals surface area contributed by atoms with Crippen LogP contribution in [0.4, 0.5) is 14.5 Å². The van der Waals surface area contributed by atoms with Crippen molar-refractivity contribution in [1.82, 2.24) is 0 Å². The maximum Gasteiger partial charge on any atom is 0.387 e. The van der Waals surface area contributed by atoms with Gasteiger partial charge in [-0.05, 0) is 42.0 Å². The molecule has 2 aromatic rings. The molecular formula is C18H16ClF2NO4. The number of alkyl halides is 2. The lowest BCUT2D eigenvalue weighted by Crippen LogP contribution is -2.07. The van der Waals surface area contributed by atoms with Crippen LogP contribution in [0.2, 0.25) is 5.02 Å². The Morgan fingerprint density at radius 2 is 1.77 bits per heavy atom. The summed E-state index contributed by atoms with van der Waals surface area (Å²) in [5, 5.41) is 3.02. The average Bonchev–Trinajstić information content (AvgIpc) is 2.60. The fourth-order valence-corrected chi connectivity index (χ4v) is 2.34. The molecule has 5 nitrogen and oxygen atoms in total. The fourth-order valence-electron chi connectivity index (χ4n) is 2.08. The second-order valence-electron chi connectivity index (χ2n) is 4.96. The summed E-state index contributed by atoms with van der Waals surface area (Å²) in [6.07, 6.45) is 2.80. The number of ether oxygens (including phenoxy) is 3. The Bertz CT molecular complexity index is 812. The molecule has 0 spiro atoms. The number of halogens is 3. The molecule has 0 aliphatic carbocycles. The molecule has 138 valence electrons. The third kappa shape index (κ3) is 5.35. The summed E-state index contributed by atoms with van der Waals surface area (Å²) in [5.41, 5.74) is 1.08. The first kappa shape index (κ1) is 19.5. The van der Waals surface area contributed by atoms with Gasteiger partial charge in [-0.1, -0.05) is 17.7 Å². The molecule has 2 aromatic carbocycles. The zero-order valence-electron chi connectivity index (χ0n) is 14.0. The largest absolute Gasteiger partial charge is 0.495 e. The number of nitrogens with one attached hydrogen (secondary N) is 1. The molecule has 2 rings (SSSR count). The molecule has 0 saturated heterocycles. The Balaban J connectivity index is 2.06. The molecule has 0 aliphatic rings. The maximum atomic E-state index is 12.3. The average molecular weight is 384 g/mol. The van der Waals surface area contributed by atoms with E-state index in [-0.39, 0.29) is 11.5 Å². The fraction of sp³-hybridized carbons (Fsp3) is 0.167. The van der Waals surface area contributed by atoms with Crippen molar-refractivity contribution in [3.05, 3.63) is 53.1 Å². The minimum absolute atomic E-state index is 0.0861. The molecule has 0 saturated carbocycles. The molecule has 0 bridgehead atoms. The number of carbonyl (C=O) groups excluding carboxylic acids is 1. The number of methoxy groups -OCH3 is 2. The second kappa shape index (κ2) is 9.05. The Labute approximate surface area is 154 Å². The van der Waals surface area contributed by atoms with Crippen LogP contribution in [-0.4, -0.2) is 26.7 Å². The first-order valence-electron chi connectivity index (χ1n) is 7.38. The van der Waals surface area contributed by atoms with Crippen molar-refractivity contribution in [3.63, 3.8) is 0 Å². The summed E-state index contributed by atoms with van der Waals surface area (Å²) >= 11 is 6.00. The molecular weight excluding hydrogens is 368 g/mol. The van der Waals surface area contributed by atoms with E-state index < -0.39 is 12.5 Å². The lowest BCUT2D eigenvalue weighted by molar-refractivity contribution is -0.111. The van der Waals surface area contributed by atoms with E-state index in [1.807, 2.05) is 0 Å². The molecule has 0 radical (unpaired) electrons. The van der Waals surface area contributed by atoms with Crippen molar-refractivity contribution < 1.29 is 27.8 Å². The minimum Gasteiger partial charge on any atom is -0.495 e. The van der Waals surface area contributed by atoms with Crippen LogP contribution in [0, 0.1) is 0 Å². The van der Waals surface area contributed by atoms with Crippen molar-refractivity contribution in [1.29, 1.82) is 0 Å². The molecule has 1 N–H and O–H groups in total. The van der Waals surface area contributed by atoms with Crippen LogP contribution in [0.25, 0.3) is 6.08 Å². The summed E-state index contributed by atoms with van der Waals surface area (Å²) in [4.78, 5) is 12.0. The highest BCUT2D eigenvalue weighted by Gasteiger charge is 2.10. The molecule has 8 heteroatoms. The van der Waals surface area contributed by atoms with Gasteiger partial charge in [0.25, 0.3) is 0 Å². The van der Waals surface area contributed by atoms with Gasteiger partial charge in [-0.15, -0.1) is 0 Å². The maximum absolute atomic E-state index is 12.3. The first-order chi connectivity index (χ1) is 12.4. The molecule has 0 heterocycles. The quantitative estimate of drug-likeness (QED) is 0.709. The van der Waals surface area contributed by atoms with E-state index in [0.29, 0.717) is 22.0 Å². The lowest BCUT2D eigenvalue weighted by atomic mass is 10.2. The number of hydrogen-bond donors (Lipinski definition) is 1. The summed E-state index contributed by atoms with van der Waals surface area (Å²) in [6.45, 7) is -2.95. The van der Waals surface area contributed by atoms with Gasteiger partial charge in [-0.3, -0.25) is 4.79 Å². The summed E-state index contributed by atoms with van der Waals surface area (Å²) in [7, 11) is 2.83. The van der Waals surface area contributed by atoms with Gasteiger partial charge in [0.05, 0.1) is 19.2 Å². The third-order valence-electron chi connectivity index (χ3n) is 3.25. The molecule has 26 heavy (non-hydrogen) atoms. The lowest BCUT2D eigenvalue weighted by Gasteiger charge is -2.10. The third-order valence-corrected chi connectivity index (χ3v) is 3.55. The number of anilines is 1. The Kier molecular flexibility index (Phi) is 6.80. The molecule has 0 unspecified atom stereocenters. The van der Waals surface area contributed by atoms with Gasteiger partial charge in [0.1, 0.15) is 5.75 Å². The first-order valence-corrected chi connectivity index (χ1v) is 7.76. The number of hydrogen-bond acceptors (Lipinski definition) is 4. The van der Waals surface area contributed by atoms with Crippen LogP contribution in [0.15, 0.2) is 42.5 Å². The minimum atomic E-state index is -2.95. The number of benzene rings is 2. The zero-order chi connectivity index (χ0) is 19.1. The van der Waals surface area contributed by atoms with Crippen molar-refractivity contribution in [3.8, 4) is 17.2 Å². The van der Waals surface area contributed by atoms with E-state index in [9.17, 15) is 13.6 Å². The highest BCUT2D eigenvalue weighted by molar-refractivity contribution is 6.32. The zero-order valence-corrected chi connectivity index (χ0v) is 14.7. The Morgan fingerprint density at radius 3 is 2.38 bits per heavy atom. The predicted octanol–water partition coefficient (Wildman–Crippen LogP) is 4.61. The van der Waals surface area contributed by atoms with Crippen LogP contribution in [0.5, 0.6) is 17.2 Å². The highest BCUT2D eigenvalue weighted by Crippen LogP contribution is 2.30. The summed E-state index contributed by atoms with van der Waals surface area (Å²) < 4.78 is 39.0. The number of amides is 1. The summed E-state index contributed by atoms with van der Waals surface area (Å²) in [5.74, 6) is 0.156. The number of rotatable bonds is 7. The van der Waals surface area contributed by atoms with E-state index in [1.54, 1.807) is 18.2 Å². The number of carbonyl (C=O) groups is 1. The van der Waals surface area contributed by atoms with Crippen molar-refractivity contribution >= 4 is 29.3 Å². The van der Waals surface area contributed by atoms with E-state index in [2.05, 4.69) is 10.1 Å². The van der Waals surface area contributed by atoms with Gasteiger partial charge in [-0.25, -0.2) is 0 Å². The van der Waals surface area contributed by atoms with Crippen LogP contribution in [-0.2, 0) is 4.79 Å². The van der Waals surface area contributed by atoms with Gasteiger partial charge in [-0.2, -0.15) is 8.78 Å². The highest BCUT2D eigenvalue weighted by atomic mass is 35.5. The van der Waals surface area contributed by atoms with Gasteiger partial charge in [0, 0.05) is 11.8 Å². The van der Waals surface area contributed by atoms with Gasteiger partial charge >= 0.3 is 6.61 Å². The summed E-state index contributed by atoms with van der Waals surface area (Å²) in [6, 6.07) is 9.18. The van der Waals surface area contributed by atoms with Crippen molar-refractivity contribution in [2.24, 2.45) is 0 Å². The Morgan fingerprint density at radius 1 is 1.08 bits per heavy atom. The topological polar surface area (TPSA) is 56.8 Å². The van der Waals surface area contributed by atoms with Crippen LogP contribution >= 0.6 is 11.6 Å².